The Bertz CT molecular complexity index is 416. The number of hydrogen-bond acceptors (Lipinski definition) is 2. The van der Waals surface area contributed by atoms with Crippen molar-refractivity contribution < 1.29 is 9.90 Å². The zero-order chi connectivity index (χ0) is 12.3. The molecule has 1 aromatic carbocycles. The van der Waals surface area contributed by atoms with Gasteiger partial charge < -0.3 is 10.4 Å². The highest BCUT2D eigenvalue weighted by Crippen LogP contribution is 2.33. The predicted octanol–water partition coefficient (Wildman–Crippen LogP) is 3.64. The summed E-state index contributed by atoms with van der Waals surface area (Å²) in [6, 6.07) is 5.12. The minimum Gasteiger partial charge on any atom is -0.478 e. The quantitative estimate of drug-likeness (QED) is 0.761. The first kappa shape index (κ1) is 12.2. The van der Waals surface area contributed by atoms with Crippen LogP contribution in [0, 0.1) is 5.92 Å². The molecule has 1 saturated carbocycles. The van der Waals surface area contributed by atoms with Crippen molar-refractivity contribution in [2.24, 2.45) is 5.92 Å². The van der Waals surface area contributed by atoms with Crippen LogP contribution < -0.4 is 5.32 Å². The van der Waals surface area contributed by atoms with Crippen molar-refractivity contribution in [3.63, 3.8) is 0 Å². The Morgan fingerprint density at radius 1 is 1.47 bits per heavy atom. The molecule has 0 saturated heterocycles. The third-order valence-corrected chi connectivity index (χ3v) is 3.34. The molecule has 17 heavy (non-hydrogen) atoms. The topological polar surface area (TPSA) is 49.3 Å². The van der Waals surface area contributed by atoms with Gasteiger partial charge in [-0.05, 0) is 30.9 Å². The molecule has 0 aromatic heterocycles. The number of carbonyl (C=O) groups is 1. The number of halogens is 1. The van der Waals surface area contributed by atoms with E-state index in [1.807, 2.05) is 0 Å². The fourth-order valence-corrected chi connectivity index (χ4v) is 2.16. The Hall–Kier alpha value is -1.22. The Balaban J connectivity index is 1.93. The molecule has 1 aromatic rings. The Labute approximate surface area is 106 Å². The van der Waals surface area contributed by atoms with E-state index in [1.165, 1.54) is 19.3 Å². The lowest BCUT2D eigenvalue weighted by Crippen LogP contribution is -2.08. The summed E-state index contributed by atoms with van der Waals surface area (Å²) in [4.78, 5) is 11.1. The van der Waals surface area contributed by atoms with E-state index >= 15 is 0 Å². The van der Waals surface area contributed by atoms with E-state index in [4.69, 9.17) is 16.7 Å². The van der Waals surface area contributed by atoms with Crippen LogP contribution in [0.1, 0.15) is 36.0 Å². The van der Waals surface area contributed by atoms with Crippen molar-refractivity contribution in [2.45, 2.75) is 25.7 Å². The van der Waals surface area contributed by atoms with Crippen LogP contribution in [-0.4, -0.2) is 17.6 Å². The molecule has 0 spiro atoms. The van der Waals surface area contributed by atoms with Crippen LogP contribution in [0.3, 0.4) is 0 Å². The molecular formula is C13H16ClNO2. The van der Waals surface area contributed by atoms with Gasteiger partial charge in [0.2, 0.25) is 0 Å². The van der Waals surface area contributed by atoms with Crippen molar-refractivity contribution in [3.05, 3.63) is 28.8 Å². The fourth-order valence-electron chi connectivity index (χ4n) is 1.91. The lowest BCUT2D eigenvalue weighted by Gasteiger charge is -2.10. The van der Waals surface area contributed by atoms with Gasteiger partial charge in [0, 0.05) is 6.54 Å². The number of hydrogen-bond donors (Lipinski definition) is 2. The van der Waals surface area contributed by atoms with Crippen LogP contribution in [0.15, 0.2) is 18.2 Å². The Morgan fingerprint density at radius 3 is 2.88 bits per heavy atom. The summed E-state index contributed by atoms with van der Waals surface area (Å²) in [5.74, 6) is -0.0737. The summed E-state index contributed by atoms with van der Waals surface area (Å²) in [6.07, 6.45) is 5.03. The second kappa shape index (κ2) is 5.41. The number of benzene rings is 1. The van der Waals surface area contributed by atoms with Crippen LogP contribution in [0.5, 0.6) is 0 Å². The minimum atomic E-state index is -0.986. The van der Waals surface area contributed by atoms with Gasteiger partial charge in [0.05, 0.1) is 10.7 Å². The monoisotopic (exact) mass is 253 g/mol. The van der Waals surface area contributed by atoms with E-state index in [9.17, 15) is 4.79 Å². The van der Waals surface area contributed by atoms with Crippen molar-refractivity contribution in [2.75, 3.05) is 11.9 Å². The molecule has 0 unspecified atom stereocenters. The minimum absolute atomic E-state index is 0.167. The van der Waals surface area contributed by atoms with E-state index < -0.39 is 5.97 Å². The summed E-state index contributed by atoms with van der Waals surface area (Å²) in [7, 11) is 0. The number of nitrogens with one attached hydrogen (secondary N) is 1. The lowest BCUT2D eigenvalue weighted by molar-refractivity contribution is 0.0698. The zero-order valence-corrected chi connectivity index (χ0v) is 10.3. The van der Waals surface area contributed by atoms with Crippen molar-refractivity contribution in [1.82, 2.24) is 0 Å². The Kier molecular flexibility index (Phi) is 3.89. The van der Waals surface area contributed by atoms with Gasteiger partial charge in [-0.1, -0.05) is 30.5 Å². The summed E-state index contributed by atoms with van der Waals surface area (Å²) in [6.45, 7) is 0.803. The second-order valence-corrected chi connectivity index (χ2v) is 4.89. The van der Waals surface area contributed by atoms with Crippen LogP contribution in [0.2, 0.25) is 5.02 Å². The van der Waals surface area contributed by atoms with Crippen LogP contribution >= 0.6 is 11.6 Å². The molecular weight excluding hydrogens is 238 g/mol. The highest BCUT2D eigenvalue weighted by atomic mass is 35.5. The molecule has 0 atom stereocenters. The smallest absolute Gasteiger partial charge is 0.339 e. The summed E-state index contributed by atoms with van der Waals surface area (Å²) in [5, 5.41) is 12.5. The Morgan fingerprint density at radius 2 is 2.24 bits per heavy atom. The number of rotatable bonds is 6. The van der Waals surface area contributed by atoms with E-state index in [1.54, 1.807) is 18.2 Å². The maximum absolute atomic E-state index is 11.1. The normalized spacial score (nSPS) is 14.6. The molecule has 1 fully saturated rings. The zero-order valence-electron chi connectivity index (χ0n) is 9.58. The fraction of sp³-hybridized carbons (Fsp3) is 0.462. The van der Waals surface area contributed by atoms with Crippen LogP contribution in [-0.2, 0) is 0 Å². The first-order chi connectivity index (χ1) is 8.18. The van der Waals surface area contributed by atoms with E-state index in [0.29, 0.717) is 5.69 Å². The molecule has 1 aliphatic carbocycles. The third-order valence-electron chi connectivity index (χ3n) is 3.03. The summed E-state index contributed by atoms with van der Waals surface area (Å²) in [5.41, 5.74) is 0.779. The molecule has 92 valence electrons. The molecule has 2 N–H and O–H groups in total. The van der Waals surface area contributed by atoms with Gasteiger partial charge in [-0.3, -0.25) is 0 Å². The number of aromatic carboxylic acids is 1. The molecule has 0 bridgehead atoms. The number of anilines is 1. The first-order valence-corrected chi connectivity index (χ1v) is 6.32. The second-order valence-electron chi connectivity index (χ2n) is 4.48. The number of carboxylic acid groups (broad SMARTS) is 1. The van der Waals surface area contributed by atoms with Gasteiger partial charge >= 0.3 is 5.97 Å². The largest absolute Gasteiger partial charge is 0.478 e. The maximum Gasteiger partial charge on any atom is 0.339 e. The van der Waals surface area contributed by atoms with Gasteiger partial charge in [0.25, 0.3) is 0 Å². The number of carboxylic acids is 1. The molecule has 3 nitrogen and oxygen atoms in total. The van der Waals surface area contributed by atoms with Crippen molar-refractivity contribution in [3.8, 4) is 0 Å². The third kappa shape index (κ3) is 3.37. The molecule has 0 heterocycles. The van der Waals surface area contributed by atoms with Crippen LogP contribution in [0.4, 0.5) is 5.69 Å². The van der Waals surface area contributed by atoms with Gasteiger partial charge in [0.1, 0.15) is 5.56 Å². The standard InChI is InChI=1S/C13H16ClNO2/c14-10-4-1-5-11(12(10)13(16)17)15-8-2-3-9-6-7-9/h1,4-5,9,15H,2-3,6-8H2,(H,16,17). The molecule has 0 aliphatic heterocycles. The molecule has 0 amide bonds. The van der Waals surface area contributed by atoms with Gasteiger partial charge in [-0.15, -0.1) is 0 Å². The van der Waals surface area contributed by atoms with Crippen LogP contribution in [0.25, 0.3) is 0 Å². The molecule has 2 rings (SSSR count). The van der Waals surface area contributed by atoms with Crippen molar-refractivity contribution in [1.29, 1.82) is 0 Å². The average molecular weight is 254 g/mol. The molecule has 1 aliphatic rings. The maximum atomic E-state index is 11.1. The SMILES string of the molecule is O=C(O)c1c(Cl)cccc1NCCCC1CC1. The van der Waals surface area contributed by atoms with Gasteiger partial charge in [-0.2, -0.15) is 0 Å². The van der Waals surface area contributed by atoms with Gasteiger partial charge in [0.15, 0.2) is 0 Å². The molecule has 0 radical (unpaired) electrons. The van der Waals surface area contributed by atoms with Crippen molar-refractivity contribution >= 4 is 23.3 Å². The van der Waals surface area contributed by atoms with E-state index in [-0.39, 0.29) is 10.6 Å². The summed E-state index contributed by atoms with van der Waals surface area (Å²) < 4.78 is 0. The highest BCUT2D eigenvalue weighted by Gasteiger charge is 2.20. The molecule has 4 heteroatoms. The average Bonchev–Trinajstić information content (AvgIpc) is 3.07. The lowest BCUT2D eigenvalue weighted by atomic mass is 10.1. The summed E-state index contributed by atoms with van der Waals surface area (Å²) >= 11 is 5.88. The van der Waals surface area contributed by atoms with Gasteiger partial charge in [-0.25, -0.2) is 4.79 Å². The predicted molar refractivity (Wildman–Crippen MR) is 68.9 cm³/mol. The first-order valence-electron chi connectivity index (χ1n) is 5.94. The van der Waals surface area contributed by atoms with E-state index in [0.717, 1.165) is 18.9 Å². The highest BCUT2D eigenvalue weighted by molar-refractivity contribution is 6.34. The van der Waals surface area contributed by atoms with E-state index in [2.05, 4.69) is 5.32 Å².